The van der Waals surface area contributed by atoms with Crippen molar-refractivity contribution in [1.82, 2.24) is 10.3 Å². The molecule has 0 spiro atoms. The lowest BCUT2D eigenvalue weighted by molar-refractivity contribution is -0.133. The minimum atomic E-state index is -2.86. The van der Waals surface area contributed by atoms with Crippen LogP contribution in [0.5, 0.6) is 0 Å². The quantitative estimate of drug-likeness (QED) is 0.466. The Bertz CT molecular complexity index is 1410. The van der Waals surface area contributed by atoms with E-state index in [-0.39, 0.29) is 36.0 Å². The van der Waals surface area contributed by atoms with Gasteiger partial charge >= 0.3 is 0 Å². The van der Waals surface area contributed by atoms with Crippen LogP contribution < -0.4 is 15.1 Å². The Morgan fingerprint density at radius 1 is 1.02 bits per heavy atom. The van der Waals surface area contributed by atoms with Crippen molar-refractivity contribution in [3.8, 4) is 16.5 Å². The Balaban J connectivity index is 0.000000248. The first-order valence-electron chi connectivity index (χ1n) is 15.5. The second kappa shape index (κ2) is 12.4. The Labute approximate surface area is 262 Å². The molecule has 6 rings (SSSR count). The van der Waals surface area contributed by atoms with E-state index in [0.29, 0.717) is 13.1 Å². The summed E-state index contributed by atoms with van der Waals surface area (Å²) in [4.78, 5) is 22.0. The summed E-state index contributed by atoms with van der Waals surface area (Å²) in [6, 6.07) is 10.5. The first kappa shape index (κ1) is 31.7. The molecular weight excluding hydrogens is 583 g/mol. The molecule has 0 bridgehead atoms. The number of hydrogen-bond acceptors (Lipinski definition) is 9. The fourth-order valence-corrected chi connectivity index (χ4v) is 8.49. The predicted molar refractivity (Wildman–Crippen MR) is 174 cm³/mol. The molecule has 2 aromatic rings. The van der Waals surface area contributed by atoms with E-state index in [1.165, 1.54) is 6.42 Å². The van der Waals surface area contributed by atoms with Gasteiger partial charge in [-0.05, 0) is 71.1 Å². The molecule has 4 aliphatic rings. The first-order valence-corrected chi connectivity index (χ1v) is 18.1. The van der Waals surface area contributed by atoms with Gasteiger partial charge in [-0.2, -0.15) is 5.26 Å². The maximum Gasteiger partial charge on any atom is 0.224 e. The van der Waals surface area contributed by atoms with E-state index in [2.05, 4.69) is 78.1 Å². The zero-order valence-corrected chi connectivity index (χ0v) is 27.5. The number of carbonyl (C=O) groups excluding carboxylic acids is 1. The van der Waals surface area contributed by atoms with Gasteiger partial charge in [0, 0.05) is 45.4 Å². The number of rotatable bonds is 5. The maximum atomic E-state index is 11.8. The summed E-state index contributed by atoms with van der Waals surface area (Å²) in [5.41, 5.74) is 1.31. The summed E-state index contributed by atoms with van der Waals surface area (Å²) in [5.74, 6) is 0.761. The molecule has 9 nitrogen and oxygen atoms in total. The second-order valence-corrected chi connectivity index (χ2v) is 17.0. The molecule has 11 heteroatoms. The van der Waals surface area contributed by atoms with E-state index in [1.807, 2.05) is 6.20 Å². The number of ether oxygens (including phenoxy) is 1. The average molecular weight is 630 g/mol. The topological polar surface area (TPSA) is 116 Å². The van der Waals surface area contributed by atoms with Crippen LogP contribution in [0, 0.1) is 17.2 Å². The van der Waals surface area contributed by atoms with Crippen LogP contribution in [-0.2, 0) is 19.4 Å². The Morgan fingerprint density at radius 3 is 2.19 bits per heavy atom. The molecule has 2 aliphatic heterocycles. The normalized spacial score (nSPS) is 23.8. The Morgan fingerprint density at radius 2 is 1.63 bits per heavy atom. The molecule has 0 radical (unpaired) electrons. The van der Waals surface area contributed by atoms with Crippen molar-refractivity contribution >= 4 is 37.9 Å². The van der Waals surface area contributed by atoms with E-state index in [4.69, 9.17) is 10.00 Å². The van der Waals surface area contributed by atoms with Crippen LogP contribution in [0.25, 0.3) is 10.4 Å². The van der Waals surface area contributed by atoms with Gasteiger partial charge in [0.15, 0.2) is 15.0 Å². The van der Waals surface area contributed by atoms with Gasteiger partial charge in [-0.15, -0.1) is 0 Å². The lowest BCUT2D eigenvalue weighted by Gasteiger charge is -2.47. The number of nitrogens with one attached hydrogen (secondary N) is 1. The first-order chi connectivity index (χ1) is 20.3. The van der Waals surface area contributed by atoms with Crippen LogP contribution >= 0.6 is 11.3 Å². The SMILES string of the molecule is CC1(C)CN(c2ncc(-c3ccc(N4CCS(=O)(=O)CC4)cc3)s2)CC(C)(C)O1.N#CC1(NC(=O)C2CCCCC2)CC1.[HH]. The molecule has 4 fully saturated rings. The third-order valence-electron chi connectivity index (χ3n) is 8.62. The standard InChI is InChI=1S/C21H29N3O3S2.C11H16N2O.H2/c1-20(2)14-24(15-21(3,4)27-20)19-22-13-18(28-19)16-5-7-17(8-6-16)23-9-11-29(25,26)12-10-23;12-8-11(6-7-11)13-10(14)9-4-2-1-3-5-9;/h5-8,13H,9-12,14-15H2,1-4H3;9H,1-7H2,(H,13,14);1H. The molecule has 236 valence electrons. The Hall–Kier alpha value is -2.68. The van der Waals surface area contributed by atoms with Crippen molar-refractivity contribution < 1.29 is 19.4 Å². The fourth-order valence-electron chi connectivity index (χ4n) is 6.37. The molecule has 1 amide bonds. The van der Waals surface area contributed by atoms with Crippen molar-refractivity contribution in [2.75, 3.05) is 47.5 Å². The van der Waals surface area contributed by atoms with Gasteiger partial charge < -0.3 is 19.9 Å². The molecule has 1 aromatic heterocycles. The Kier molecular flexibility index (Phi) is 9.13. The number of hydrogen-bond donors (Lipinski definition) is 1. The number of nitrogens with zero attached hydrogens (tertiary/aromatic N) is 4. The number of thiazole rings is 1. The third kappa shape index (κ3) is 8.28. The summed E-state index contributed by atoms with van der Waals surface area (Å²) in [5, 5.41) is 12.7. The molecule has 1 N–H and O–H groups in total. The summed E-state index contributed by atoms with van der Waals surface area (Å²) in [6.07, 6.45) is 9.21. The molecule has 2 saturated carbocycles. The van der Waals surface area contributed by atoms with Crippen molar-refractivity contribution in [2.24, 2.45) is 5.92 Å². The van der Waals surface area contributed by atoms with E-state index in [9.17, 15) is 13.2 Å². The number of nitriles is 1. The highest BCUT2D eigenvalue weighted by molar-refractivity contribution is 7.91. The number of aromatic nitrogens is 1. The molecular formula is C32H47N5O4S2. The van der Waals surface area contributed by atoms with Gasteiger partial charge in [-0.25, -0.2) is 13.4 Å². The van der Waals surface area contributed by atoms with Crippen molar-refractivity contribution in [1.29, 1.82) is 5.26 Å². The zero-order valence-electron chi connectivity index (χ0n) is 25.9. The highest BCUT2D eigenvalue weighted by Gasteiger charge is 2.45. The number of amides is 1. The van der Waals surface area contributed by atoms with Gasteiger partial charge in [0.2, 0.25) is 5.91 Å². The molecule has 43 heavy (non-hydrogen) atoms. The molecule has 2 aliphatic carbocycles. The van der Waals surface area contributed by atoms with Crippen LogP contribution in [-0.4, -0.2) is 73.7 Å². The minimum Gasteiger partial charge on any atom is -0.369 e. The summed E-state index contributed by atoms with van der Waals surface area (Å²) in [7, 11) is -2.86. The largest absolute Gasteiger partial charge is 0.369 e. The van der Waals surface area contributed by atoms with Crippen LogP contribution in [0.1, 0.15) is 74.1 Å². The van der Waals surface area contributed by atoms with Crippen LogP contribution in [0.3, 0.4) is 0 Å². The second-order valence-electron chi connectivity index (χ2n) is 13.7. The number of sulfone groups is 1. The highest BCUT2D eigenvalue weighted by Crippen LogP contribution is 2.37. The van der Waals surface area contributed by atoms with Crippen LogP contribution in [0.15, 0.2) is 30.5 Å². The van der Waals surface area contributed by atoms with Crippen LogP contribution in [0.4, 0.5) is 10.8 Å². The molecule has 0 unspecified atom stereocenters. The number of benzene rings is 1. The molecule has 3 heterocycles. The van der Waals surface area contributed by atoms with Gasteiger partial charge in [0.05, 0.1) is 33.7 Å². The number of morpholine rings is 1. The summed E-state index contributed by atoms with van der Waals surface area (Å²) >= 11 is 1.70. The third-order valence-corrected chi connectivity index (χ3v) is 11.3. The summed E-state index contributed by atoms with van der Waals surface area (Å²) < 4.78 is 29.5. The van der Waals surface area contributed by atoms with Gasteiger partial charge in [-0.3, -0.25) is 4.79 Å². The summed E-state index contributed by atoms with van der Waals surface area (Å²) in [6.45, 7) is 11.3. The number of anilines is 2. The highest BCUT2D eigenvalue weighted by atomic mass is 32.2. The van der Waals surface area contributed by atoms with Gasteiger partial charge in [-0.1, -0.05) is 42.7 Å². The van der Waals surface area contributed by atoms with Crippen molar-refractivity contribution in [2.45, 2.75) is 89.4 Å². The van der Waals surface area contributed by atoms with Crippen LogP contribution in [0.2, 0.25) is 0 Å². The monoisotopic (exact) mass is 629 g/mol. The smallest absolute Gasteiger partial charge is 0.224 e. The lowest BCUT2D eigenvalue weighted by Crippen LogP contribution is -2.57. The zero-order chi connectivity index (χ0) is 30.9. The number of carbonyl (C=O) groups is 1. The minimum absolute atomic E-state index is 0. The molecule has 0 atom stereocenters. The van der Waals surface area contributed by atoms with E-state index < -0.39 is 15.4 Å². The molecule has 1 aromatic carbocycles. The lowest BCUT2D eigenvalue weighted by atomic mass is 9.88. The van der Waals surface area contributed by atoms with Crippen molar-refractivity contribution in [3.05, 3.63) is 30.5 Å². The van der Waals surface area contributed by atoms with E-state index in [0.717, 1.165) is 72.9 Å². The van der Waals surface area contributed by atoms with Gasteiger partial charge in [0.1, 0.15) is 5.54 Å². The predicted octanol–water partition coefficient (Wildman–Crippen LogP) is 5.42. The molecule has 2 saturated heterocycles. The van der Waals surface area contributed by atoms with E-state index in [1.54, 1.807) is 11.3 Å². The van der Waals surface area contributed by atoms with Crippen molar-refractivity contribution in [3.63, 3.8) is 0 Å². The van der Waals surface area contributed by atoms with Gasteiger partial charge in [0.25, 0.3) is 0 Å². The fraction of sp³-hybridized carbons (Fsp3) is 0.656. The average Bonchev–Trinajstić information content (AvgIpc) is 3.55. The van der Waals surface area contributed by atoms with E-state index >= 15 is 0 Å². The maximum absolute atomic E-state index is 11.8.